The Morgan fingerprint density at radius 3 is 2.00 bits per heavy atom. The molecule has 4 rings (SSSR count). The van der Waals surface area contributed by atoms with E-state index in [0.717, 1.165) is 17.8 Å². The lowest BCUT2D eigenvalue weighted by Gasteiger charge is -2.47. The normalized spacial score (nSPS) is 53.8. The average Bonchev–Trinajstić information content (AvgIpc) is 2.33. The summed E-state index contributed by atoms with van der Waals surface area (Å²) in [4.78, 5) is 0. The number of aliphatic hydroxyl groups is 1. The molecule has 4 saturated carbocycles. The zero-order valence-electron chi connectivity index (χ0n) is 8.34. The van der Waals surface area contributed by atoms with Gasteiger partial charge in [-0.2, -0.15) is 0 Å². The van der Waals surface area contributed by atoms with Gasteiger partial charge in [0.1, 0.15) is 0 Å². The van der Waals surface area contributed by atoms with E-state index in [1.54, 1.807) is 0 Å². The molecular formula is C12H20O. The first-order valence-corrected chi connectivity index (χ1v) is 5.90. The van der Waals surface area contributed by atoms with Crippen LogP contribution in [0.1, 0.15) is 44.9 Å². The standard InChI is InChI=1S/C12H20O/c13-8-12-5-9-1-2-10(6-12)4-11(3-9)7-12/h9-11,13H,1-8H2/t9-,10-,11?,12?/m0/s1. The second kappa shape index (κ2) is 2.73. The molecule has 0 unspecified atom stereocenters. The Morgan fingerprint density at radius 2 is 1.46 bits per heavy atom. The summed E-state index contributed by atoms with van der Waals surface area (Å²) in [6.07, 6.45) is 9.92. The van der Waals surface area contributed by atoms with E-state index in [4.69, 9.17) is 0 Å². The van der Waals surface area contributed by atoms with Gasteiger partial charge >= 0.3 is 0 Å². The van der Waals surface area contributed by atoms with Gasteiger partial charge in [0.2, 0.25) is 0 Å². The summed E-state index contributed by atoms with van der Waals surface area (Å²) in [6, 6.07) is 0. The smallest absolute Gasteiger partial charge is 0.0487 e. The third-order valence-electron chi connectivity index (χ3n) is 4.82. The molecule has 13 heavy (non-hydrogen) atoms. The highest BCUT2D eigenvalue weighted by Crippen LogP contribution is 2.57. The minimum Gasteiger partial charge on any atom is -0.396 e. The quantitative estimate of drug-likeness (QED) is 0.657. The van der Waals surface area contributed by atoms with Crippen LogP contribution < -0.4 is 0 Å². The molecule has 0 aromatic rings. The van der Waals surface area contributed by atoms with Gasteiger partial charge in [0.25, 0.3) is 0 Å². The highest BCUT2D eigenvalue weighted by Gasteiger charge is 2.47. The maximum Gasteiger partial charge on any atom is 0.0487 e. The minimum atomic E-state index is 0.382. The molecule has 4 fully saturated rings. The fourth-order valence-electron chi connectivity index (χ4n) is 4.56. The van der Waals surface area contributed by atoms with Crippen molar-refractivity contribution < 1.29 is 5.11 Å². The molecule has 2 atom stereocenters. The van der Waals surface area contributed by atoms with Gasteiger partial charge in [0, 0.05) is 6.61 Å². The predicted octanol–water partition coefficient (Wildman–Crippen LogP) is 2.59. The molecule has 0 saturated heterocycles. The van der Waals surface area contributed by atoms with E-state index in [1.807, 2.05) is 0 Å². The van der Waals surface area contributed by atoms with Crippen molar-refractivity contribution in [2.24, 2.45) is 23.2 Å². The number of aliphatic hydroxyl groups excluding tert-OH is 1. The average molecular weight is 180 g/mol. The first-order chi connectivity index (χ1) is 6.30. The van der Waals surface area contributed by atoms with Gasteiger partial charge in [0.05, 0.1) is 0 Å². The van der Waals surface area contributed by atoms with Gasteiger partial charge in [0.15, 0.2) is 0 Å². The number of hydrogen-bond acceptors (Lipinski definition) is 1. The molecule has 0 aliphatic heterocycles. The predicted molar refractivity (Wildman–Crippen MR) is 52.3 cm³/mol. The fraction of sp³-hybridized carbons (Fsp3) is 1.00. The van der Waals surface area contributed by atoms with Crippen molar-refractivity contribution in [2.45, 2.75) is 44.9 Å². The summed E-state index contributed by atoms with van der Waals surface area (Å²) in [5, 5.41) is 9.56. The molecule has 4 aliphatic carbocycles. The largest absolute Gasteiger partial charge is 0.396 e. The van der Waals surface area contributed by atoms with Crippen molar-refractivity contribution in [2.75, 3.05) is 6.61 Å². The Bertz CT molecular complexity index is 195. The summed E-state index contributed by atoms with van der Waals surface area (Å²) < 4.78 is 0. The van der Waals surface area contributed by atoms with Crippen LogP contribution in [0.25, 0.3) is 0 Å². The Labute approximate surface area is 80.5 Å². The van der Waals surface area contributed by atoms with E-state index in [9.17, 15) is 5.11 Å². The first kappa shape index (κ1) is 8.28. The lowest BCUT2D eigenvalue weighted by Crippen LogP contribution is -2.40. The van der Waals surface area contributed by atoms with Gasteiger partial charge in [-0.15, -0.1) is 0 Å². The van der Waals surface area contributed by atoms with E-state index in [-0.39, 0.29) is 0 Å². The Balaban J connectivity index is 1.92. The van der Waals surface area contributed by atoms with Crippen molar-refractivity contribution in [3.8, 4) is 0 Å². The van der Waals surface area contributed by atoms with Gasteiger partial charge in [-0.1, -0.05) is 12.8 Å². The molecule has 0 aromatic heterocycles. The van der Waals surface area contributed by atoms with Crippen LogP contribution in [0.4, 0.5) is 0 Å². The summed E-state index contributed by atoms with van der Waals surface area (Å²) >= 11 is 0. The molecule has 0 heterocycles. The SMILES string of the molecule is OCC12CC3C[C@H](CC[C@@H](C3)C1)C2. The molecule has 1 heteroatoms. The third kappa shape index (κ3) is 1.24. The van der Waals surface area contributed by atoms with E-state index in [0.29, 0.717) is 12.0 Å². The monoisotopic (exact) mass is 180 g/mol. The van der Waals surface area contributed by atoms with Crippen LogP contribution in [0.15, 0.2) is 0 Å². The van der Waals surface area contributed by atoms with Crippen LogP contribution in [-0.4, -0.2) is 11.7 Å². The van der Waals surface area contributed by atoms with E-state index < -0.39 is 0 Å². The number of fused-ring (bicyclic) bond motifs is 1. The van der Waals surface area contributed by atoms with Crippen molar-refractivity contribution >= 4 is 0 Å². The Hall–Kier alpha value is -0.0400. The molecule has 0 radical (unpaired) electrons. The zero-order valence-corrected chi connectivity index (χ0v) is 8.34. The summed E-state index contributed by atoms with van der Waals surface area (Å²) in [5.41, 5.74) is 0.382. The third-order valence-corrected chi connectivity index (χ3v) is 4.82. The lowest BCUT2D eigenvalue weighted by molar-refractivity contribution is -0.0118. The fourth-order valence-corrected chi connectivity index (χ4v) is 4.56. The Morgan fingerprint density at radius 1 is 0.923 bits per heavy atom. The second-order valence-electron chi connectivity index (χ2n) is 5.92. The van der Waals surface area contributed by atoms with Crippen LogP contribution >= 0.6 is 0 Å². The van der Waals surface area contributed by atoms with Crippen LogP contribution in [0, 0.1) is 23.2 Å². The summed E-state index contributed by atoms with van der Waals surface area (Å²) in [6.45, 7) is 0.469. The molecule has 4 bridgehead atoms. The van der Waals surface area contributed by atoms with Crippen molar-refractivity contribution in [3.05, 3.63) is 0 Å². The van der Waals surface area contributed by atoms with Gasteiger partial charge in [-0.25, -0.2) is 0 Å². The molecule has 1 N–H and O–H groups in total. The minimum absolute atomic E-state index is 0.382. The molecule has 0 spiro atoms. The summed E-state index contributed by atoms with van der Waals surface area (Å²) in [5.74, 6) is 2.92. The van der Waals surface area contributed by atoms with Crippen molar-refractivity contribution in [1.82, 2.24) is 0 Å². The number of hydrogen-bond donors (Lipinski definition) is 1. The van der Waals surface area contributed by atoms with Crippen LogP contribution in [0.5, 0.6) is 0 Å². The van der Waals surface area contributed by atoms with E-state index in [1.165, 1.54) is 44.9 Å². The number of rotatable bonds is 1. The van der Waals surface area contributed by atoms with Crippen molar-refractivity contribution in [1.29, 1.82) is 0 Å². The Kier molecular flexibility index (Phi) is 1.74. The molecule has 0 amide bonds. The van der Waals surface area contributed by atoms with Crippen LogP contribution in [-0.2, 0) is 0 Å². The molecule has 74 valence electrons. The van der Waals surface area contributed by atoms with Gasteiger partial charge < -0.3 is 5.11 Å². The highest BCUT2D eigenvalue weighted by atomic mass is 16.3. The second-order valence-corrected chi connectivity index (χ2v) is 5.92. The first-order valence-electron chi connectivity index (χ1n) is 5.90. The van der Waals surface area contributed by atoms with Gasteiger partial charge in [-0.05, 0) is 55.3 Å². The van der Waals surface area contributed by atoms with E-state index in [2.05, 4.69) is 0 Å². The molecule has 0 aromatic carbocycles. The van der Waals surface area contributed by atoms with Crippen molar-refractivity contribution in [3.63, 3.8) is 0 Å². The van der Waals surface area contributed by atoms with Crippen LogP contribution in [0.2, 0.25) is 0 Å². The van der Waals surface area contributed by atoms with Crippen LogP contribution in [0.3, 0.4) is 0 Å². The maximum absolute atomic E-state index is 9.56. The molecule has 4 aliphatic rings. The zero-order chi connectivity index (χ0) is 8.89. The lowest BCUT2D eigenvalue weighted by atomic mass is 9.59. The van der Waals surface area contributed by atoms with E-state index >= 15 is 0 Å². The highest BCUT2D eigenvalue weighted by molar-refractivity contribution is 4.98. The maximum atomic E-state index is 9.56. The molecule has 1 nitrogen and oxygen atoms in total. The topological polar surface area (TPSA) is 20.2 Å². The molecular weight excluding hydrogens is 160 g/mol. The summed E-state index contributed by atoms with van der Waals surface area (Å²) in [7, 11) is 0. The van der Waals surface area contributed by atoms with Gasteiger partial charge in [-0.3, -0.25) is 0 Å².